The number of aryl methyl sites for hydroxylation is 1. The zero-order chi connectivity index (χ0) is 23.8. The number of aromatic nitrogens is 4. The molecular weight excluding hydrogens is 474 g/mol. The quantitative estimate of drug-likeness (QED) is 0.182. The van der Waals surface area contributed by atoms with Crippen LogP contribution in [0.1, 0.15) is 29.6 Å². The summed E-state index contributed by atoms with van der Waals surface area (Å²) in [5.41, 5.74) is 1.45. The Morgan fingerprint density at radius 3 is 2.65 bits per heavy atom. The predicted molar refractivity (Wildman–Crippen MR) is 129 cm³/mol. The van der Waals surface area contributed by atoms with E-state index >= 15 is 0 Å². The monoisotopic (exact) mass is 495 g/mol. The number of hydrogen-bond donors (Lipinski definition) is 1. The second-order valence-electron chi connectivity index (χ2n) is 6.97. The molecule has 0 atom stereocenters. The van der Waals surface area contributed by atoms with Crippen LogP contribution in [0.3, 0.4) is 0 Å². The van der Waals surface area contributed by atoms with E-state index in [9.17, 15) is 9.59 Å². The molecule has 1 N–H and O–H groups in total. The second-order valence-corrected chi connectivity index (χ2v) is 9.17. The molecule has 0 fully saturated rings. The van der Waals surface area contributed by atoms with Crippen LogP contribution in [0.25, 0.3) is 11.4 Å². The molecule has 4 rings (SSSR count). The summed E-state index contributed by atoms with van der Waals surface area (Å²) < 4.78 is 11.2. The highest BCUT2D eigenvalue weighted by atomic mass is 32.2. The van der Waals surface area contributed by atoms with E-state index in [4.69, 9.17) is 9.26 Å². The van der Waals surface area contributed by atoms with E-state index < -0.39 is 0 Å². The fourth-order valence-corrected chi connectivity index (χ4v) is 4.56. The molecule has 0 saturated heterocycles. The Morgan fingerprint density at radius 2 is 1.88 bits per heavy atom. The number of carbonyl (C=O) groups excluding carboxylic acids is 2. The zero-order valence-electron chi connectivity index (χ0n) is 18.3. The Morgan fingerprint density at radius 1 is 1.09 bits per heavy atom. The van der Waals surface area contributed by atoms with Gasteiger partial charge in [0.2, 0.25) is 22.8 Å². The van der Waals surface area contributed by atoms with Gasteiger partial charge in [0.05, 0.1) is 12.4 Å². The van der Waals surface area contributed by atoms with Crippen molar-refractivity contribution in [2.24, 2.45) is 0 Å². The molecule has 0 radical (unpaired) electrons. The summed E-state index contributed by atoms with van der Waals surface area (Å²) >= 11 is 2.49. The molecular formula is C23H21N5O4S2. The van der Waals surface area contributed by atoms with Crippen molar-refractivity contribution in [3.05, 3.63) is 66.1 Å². The van der Waals surface area contributed by atoms with Gasteiger partial charge in [-0.25, -0.2) is 0 Å². The van der Waals surface area contributed by atoms with Crippen LogP contribution in [-0.4, -0.2) is 44.4 Å². The van der Waals surface area contributed by atoms with Crippen molar-refractivity contribution in [2.45, 2.75) is 24.1 Å². The largest absolute Gasteiger partial charge is 0.494 e. The first kappa shape index (κ1) is 23.6. The van der Waals surface area contributed by atoms with Gasteiger partial charge in [0.1, 0.15) is 5.75 Å². The normalized spacial score (nSPS) is 10.7. The zero-order valence-corrected chi connectivity index (χ0v) is 19.9. The first-order valence-electron chi connectivity index (χ1n) is 10.5. The summed E-state index contributed by atoms with van der Waals surface area (Å²) in [6.45, 7) is 2.48. The molecule has 1 amide bonds. The lowest BCUT2D eigenvalue weighted by molar-refractivity contribution is -0.116. The Labute approximate surface area is 203 Å². The van der Waals surface area contributed by atoms with Gasteiger partial charge in [-0.2, -0.15) is 4.98 Å². The maximum atomic E-state index is 12.4. The van der Waals surface area contributed by atoms with Crippen molar-refractivity contribution in [1.82, 2.24) is 20.3 Å². The molecule has 0 aliphatic heterocycles. The van der Waals surface area contributed by atoms with Gasteiger partial charge in [0, 0.05) is 24.0 Å². The highest BCUT2D eigenvalue weighted by Gasteiger charge is 2.14. The van der Waals surface area contributed by atoms with Crippen LogP contribution in [0.2, 0.25) is 0 Å². The average molecular weight is 496 g/mol. The van der Waals surface area contributed by atoms with Crippen molar-refractivity contribution in [3.63, 3.8) is 0 Å². The molecule has 4 aromatic rings. The summed E-state index contributed by atoms with van der Waals surface area (Å²) in [4.78, 5) is 29.0. The molecule has 174 valence electrons. The lowest BCUT2D eigenvalue weighted by Gasteiger charge is -2.03. The Balaban J connectivity index is 1.22. The van der Waals surface area contributed by atoms with Crippen LogP contribution in [0, 0.1) is 0 Å². The van der Waals surface area contributed by atoms with Crippen molar-refractivity contribution < 1.29 is 18.8 Å². The van der Waals surface area contributed by atoms with E-state index in [1.165, 1.54) is 23.1 Å². The molecule has 34 heavy (non-hydrogen) atoms. The van der Waals surface area contributed by atoms with Crippen LogP contribution in [0.4, 0.5) is 5.13 Å². The van der Waals surface area contributed by atoms with E-state index in [-0.39, 0.29) is 23.9 Å². The van der Waals surface area contributed by atoms with Crippen LogP contribution in [-0.2, 0) is 11.2 Å². The first-order valence-corrected chi connectivity index (χ1v) is 12.3. The van der Waals surface area contributed by atoms with Gasteiger partial charge >= 0.3 is 0 Å². The van der Waals surface area contributed by atoms with Gasteiger partial charge in [0.15, 0.2) is 10.1 Å². The summed E-state index contributed by atoms with van der Waals surface area (Å²) in [5, 5.41) is 15.0. The smallest absolute Gasteiger partial charge is 0.227 e. The maximum Gasteiger partial charge on any atom is 0.227 e. The van der Waals surface area contributed by atoms with E-state index in [1.54, 1.807) is 24.3 Å². The third kappa shape index (κ3) is 6.49. The molecule has 0 aliphatic carbocycles. The van der Waals surface area contributed by atoms with Gasteiger partial charge in [-0.3, -0.25) is 9.59 Å². The topological polar surface area (TPSA) is 120 Å². The third-order valence-electron chi connectivity index (χ3n) is 4.53. The first-order chi connectivity index (χ1) is 16.6. The number of hydrogen-bond acceptors (Lipinski definition) is 10. The van der Waals surface area contributed by atoms with Gasteiger partial charge < -0.3 is 14.6 Å². The Kier molecular flexibility index (Phi) is 7.99. The van der Waals surface area contributed by atoms with Crippen LogP contribution >= 0.6 is 23.1 Å². The number of Topliss-reactive ketones (excluding diaryl/α,β-unsaturated/α-hetero) is 1. The molecule has 11 heteroatoms. The fourth-order valence-electron chi connectivity index (χ4n) is 2.90. The number of carbonyl (C=O) groups is 2. The lowest BCUT2D eigenvalue weighted by atomic mass is 10.1. The summed E-state index contributed by atoms with van der Waals surface area (Å²) in [7, 11) is 0. The third-order valence-corrected chi connectivity index (χ3v) is 6.50. The minimum absolute atomic E-state index is 0.0248. The number of nitrogens with zero attached hydrogens (tertiary/aromatic N) is 4. The number of ether oxygens (including phenoxy) is 1. The van der Waals surface area contributed by atoms with E-state index in [0.29, 0.717) is 39.8 Å². The standard InChI is InChI=1S/C23H21N5O4S2/c1-2-31-17-10-8-15(9-11-17)18(29)14-33-23-27-26-22(34-23)24-19(30)12-13-20-25-21(28-32-20)16-6-4-3-5-7-16/h3-11H,2,12-14H2,1H3,(H,24,26,30). The van der Waals surface area contributed by atoms with Gasteiger partial charge in [0.25, 0.3) is 0 Å². The summed E-state index contributed by atoms with van der Waals surface area (Å²) in [6, 6.07) is 16.5. The number of benzene rings is 2. The highest BCUT2D eigenvalue weighted by molar-refractivity contribution is 8.01. The maximum absolute atomic E-state index is 12.4. The lowest BCUT2D eigenvalue weighted by Crippen LogP contribution is -2.12. The molecule has 2 aromatic carbocycles. The van der Waals surface area contributed by atoms with Gasteiger partial charge in [-0.1, -0.05) is 58.6 Å². The van der Waals surface area contributed by atoms with Crippen LogP contribution in [0.15, 0.2) is 63.5 Å². The molecule has 0 aliphatic rings. The number of rotatable bonds is 11. The Hall–Kier alpha value is -3.57. The molecule has 0 saturated carbocycles. The van der Waals surface area contributed by atoms with Crippen molar-refractivity contribution in [1.29, 1.82) is 0 Å². The summed E-state index contributed by atoms with van der Waals surface area (Å²) in [6.07, 6.45) is 0.470. The number of nitrogens with one attached hydrogen (secondary N) is 1. The van der Waals surface area contributed by atoms with Crippen molar-refractivity contribution in [3.8, 4) is 17.1 Å². The van der Waals surface area contributed by atoms with Crippen molar-refractivity contribution >= 4 is 39.9 Å². The average Bonchev–Trinajstić information content (AvgIpc) is 3.52. The summed E-state index contributed by atoms with van der Waals surface area (Å²) in [5.74, 6) is 1.56. The Bertz CT molecular complexity index is 1240. The molecule has 2 heterocycles. The van der Waals surface area contributed by atoms with Gasteiger partial charge in [-0.05, 0) is 31.2 Å². The highest BCUT2D eigenvalue weighted by Crippen LogP contribution is 2.26. The van der Waals surface area contributed by atoms with E-state index in [2.05, 4.69) is 25.7 Å². The minimum atomic E-state index is -0.238. The van der Waals surface area contributed by atoms with Crippen molar-refractivity contribution in [2.75, 3.05) is 17.7 Å². The second kappa shape index (κ2) is 11.5. The molecule has 0 unspecified atom stereocenters. The SMILES string of the molecule is CCOc1ccc(C(=O)CSc2nnc(NC(=O)CCc3nc(-c4ccccc4)no3)s2)cc1. The molecule has 9 nitrogen and oxygen atoms in total. The number of amides is 1. The van der Waals surface area contributed by atoms with Gasteiger partial charge in [-0.15, -0.1) is 10.2 Å². The van der Waals surface area contributed by atoms with Crippen LogP contribution < -0.4 is 10.1 Å². The fraction of sp³-hybridized carbons (Fsp3) is 0.217. The van der Waals surface area contributed by atoms with Crippen LogP contribution in [0.5, 0.6) is 5.75 Å². The number of ketones is 1. The minimum Gasteiger partial charge on any atom is -0.494 e. The number of anilines is 1. The molecule has 0 spiro atoms. The number of thioether (sulfide) groups is 1. The molecule has 2 aromatic heterocycles. The van der Waals surface area contributed by atoms with E-state index in [0.717, 1.165) is 11.3 Å². The predicted octanol–water partition coefficient (Wildman–Crippen LogP) is 4.53. The molecule has 0 bridgehead atoms. The van der Waals surface area contributed by atoms with E-state index in [1.807, 2.05) is 37.3 Å².